The van der Waals surface area contributed by atoms with E-state index >= 15 is 0 Å². The molecule has 0 saturated heterocycles. The molecule has 0 aromatic rings. The van der Waals surface area contributed by atoms with E-state index in [9.17, 15) is 9.59 Å². The first-order chi connectivity index (χ1) is 6.66. The Bertz CT molecular complexity index is 310. The molecular formula is C11H14O3. The molecule has 0 aromatic heterocycles. The quantitative estimate of drug-likeness (QED) is 0.685. The number of carboxylic acid groups (broad SMARTS) is 1. The van der Waals surface area contributed by atoms with Crippen LogP contribution in [-0.4, -0.2) is 16.9 Å². The van der Waals surface area contributed by atoms with Crippen LogP contribution in [0.1, 0.15) is 25.7 Å². The molecule has 4 aliphatic carbocycles. The summed E-state index contributed by atoms with van der Waals surface area (Å²) in [5, 5.41) is 9.11. The smallest absolute Gasteiger partial charge is 0.307 e. The molecule has 76 valence electrons. The Kier molecular flexibility index (Phi) is 1.56. The zero-order chi connectivity index (χ0) is 9.87. The summed E-state index contributed by atoms with van der Waals surface area (Å²) in [5.74, 6) is 0.189. The Morgan fingerprint density at radius 2 is 2.00 bits per heavy atom. The van der Waals surface area contributed by atoms with Gasteiger partial charge >= 0.3 is 5.97 Å². The van der Waals surface area contributed by atoms with E-state index in [1.165, 1.54) is 0 Å². The second-order valence-electron chi connectivity index (χ2n) is 5.14. The molecule has 3 heteroatoms. The predicted molar refractivity (Wildman–Crippen MR) is 48.6 cm³/mol. The number of hydrogen-bond donors (Lipinski definition) is 1. The first kappa shape index (κ1) is 8.45. The predicted octanol–water partition coefficient (Wildman–Crippen LogP) is 1.32. The topological polar surface area (TPSA) is 54.4 Å². The van der Waals surface area contributed by atoms with Crippen molar-refractivity contribution in [2.45, 2.75) is 25.7 Å². The summed E-state index contributed by atoms with van der Waals surface area (Å²) in [6.07, 6.45) is 3.79. The molecule has 4 aliphatic rings. The second kappa shape index (κ2) is 2.59. The third-order valence-electron chi connectivity index (χ3n) is 4.42. The standard InChI is InChI=1S/C11H14O3/c12-10-7-2-5-1-6(4-7)9(11(13)14)8(10)3-5/h5-9H,1-4H2,(H,13,14)/t5?,6?,7?,8?,9-/m0/s1. The van der Waals surface area contributed by atoms with E-state index in [1.807, 2.05) is 0 Å². The van der Waals surface area contributed by atoms with Crippen LogP contribution in [0.2, 0.25) is 0 Å². The van der Waals surface area contributed by atoms with E-state index in [0.29, 0.717) is 11.8 Å². The largest absolute Gasteiger partial charge is 0.481 e. The van der Waals surface area contributed by atoms with Crippen LogP contribution < -0.4 is 0 Å². The van der Waals surface area contributed by atoms with Gasteiger partial charge in [0, 0.05) is 11.8 Å². The Hall–Kier alpha value is -0.860. The minimum absolute atomic E-state index is 0.135. The van der Waals surface area contributed by atoms with E-state index in [1.54, 1.807) is 0 Å². The Labute approximate surface area is 82.5 Å². The number of ketones is 1. The summed E-state index contributed by atoms with van der Waals surface area (Å²) in [5.41, 5.74) is 0. The van der Waals surface area contributed by atoms with Crippen molar-refractivity contribution in [3.05, 3.63) is 0 Å². The SMILES string of the molecule is O=C1C2CC3CC(C2)[C@H](C(=O)O)C1C3. The lowest BCUT2D eigenvalue weighted by atomic mass is 9.51. The number of carbonyl (C=O) groups is 2. The zero-order valence-corrected chi connectivity index (χ0v) is 7.98. The second-order valence-corrected chi connectivity index (χ2v) is 5.14. The van der Waals surface area contributed by atoms with Crippen LogP contribution in [0.3, 0.4) is 0 Å². The number of rotatable bonds is 1. The number of aliphatic carboxylic acids is 1. The van der Waals surface area contributed by atoms with Crippen molar-refractivity contribution in [2.24, 2.45) is 29.6 Å². The molecule has 0 spiro atoms. The van der Waals surface area contributed by atoms with Crippen LogP contribution in [0.5, 0.6) is 0 Å². The summed E-state index contributed by atoms with van der Waals surface area (Å²) in [7, 11) is 0. The third-order valence-corrected chi connectivity index (χ3v) is 4.42. The fourth-order valence-corrected chi connectivity index (χ4v) is 4.01. The molecule has 0 radical (unpaired) electrons. The highest BCUT2D eigenvalue weighted by molar-refractivity contribution is 5.90. The summed E-state index contributed by atoms with van der Waals surface area (Å²) >= 11 is 0. The fraction of sp³-hybridized carbons (Fsp3) is 0.818. The molecule has 4 rings (SSSR count). The molecule has 4 unspecified atom stereocenters. The first-order valence-electron chi connectivity index (χ1n) is 5.43. The lowest BCUT2D eigenvalue weighted by Gasteiger charge is -2.51. The Morgan fingerprint density at radius 3 is 2.71 bits per heavy atom. The van der Waals surface area contributed by atoms with Crippen molar-refractivity contribution in [1.82, 2.24) is 0 Å². The minimum atomic E-state index is -0.743. The van der Waals surface area contributed by atoms with Gasteiger partial charge in [0.05, 0.1) is 5.92 Å². The first-order valence-corrected chi connectivity index (χ1v) is 5.43. The maximum absolute atomic E-state index is 11.8. The van der Waals surface area contributed by atoms with Gasteiger partial charge in [0.2, 0.25) is 0 Å². The summed E-state index contributed by atoms with van der Waals surface area (Å²) in [6.45, 7) is 0. The number of carboxylic acids is 1. The van der Waals surface area contributed by atoms with Crippen LogP contribution in [0.4, 0.5) is 0 Å². The normalized spacial score (nSPS) is 49.7. The summed E-state index contributed by atoms with van der Waals surface area (Å²) in [6, 6.07) is 0. The van der Waals surface area contributed by atoms with Gasteiger partial charge in [-0.05, 0) is 37.5 Å². The zero-order valence-electron chi connectivity index (χ0n) is 7.98. The average molecular weight is 194 g/mol. The van der Waals surface area contributed by atoms with E-state index in [-0.39, 0.29) is 23.5 Å². The van der Waals surface area contributed by atoms with E-state index in [4.69, 9.17) is 5.11 Å². The van der Waals surface area contributed by atoms with Crippen LogP contribution >= 0.6 is 0 Å². The monoisotopic (exact) mass is 194 g/mol. The highest BCUT2D eigenvalue weighted by Gasteiger charge is 2.55. The lowest BCUT2D eigenvalue weighted by molar-refractivity contribution is -0.164. The van der Waals surface area contributed by atoms with E-state index in [0.717, 1.165) is 25.7 Å². The molecule has 0 amide bonds. The van der Waals surface area contributed by atoms with Crippen molar-refractivity contribution in [2.75, 3.05) is 0 Å². The molecule has 5 atom stereocenters. The molecule has 4 fully saturated rings. The van der Waals surface area contributed by atoms with Gasteiger partial charge in [-0.2, -0.15) is 0 Å². The van der Waals surface area contributed by atoms with Gasteiger partial charge in [0.25, 0.3) is 0 Å². The van der Waals surface area contributed by atoms with Crippen LogP contribution in [0.15, 0.2) is 0 Å². The summed E-state index contributed by atoms with van der Waals surface area (Å²) < 4.78 is 0. The van der Waals surface area contributed by atoms with Gasteiger partial charge in [-0.1, -0.05) is 0 Å². The molecule has 0 heterocycles. The average Bonchev–Trinajstić information content (AvgIpc) is 2.12. The van der Waals surface area contributed by atoms with Gasteiger partial charge in [0.1, 0.15) is 5.78 Å². The highest BCUT2D eigenvalue weighted by Crippen LogP contribution is 2.54. The van der Waals surface area contributed by atoms with Crippen LogP contribution in [-0.2, 0) is 9.59 Å². The molecule has 0 aliphatic heterocycles. The van der Waals surface area contributed by atoms with Crippen molar-refractivity contribution < 1.29 is 14.7 Å². The van der Waals surface area contributed by atoms with Crippen LogP contribution in [0, 0.1) is 29.6 Å². The molecule has 1 N–H and O–H groups in total. The molecule has 4 bridgehead atoms. The maximum atomic E-state index is 11.8. The number of hydrogen-bond acceptors (Lipinski definition) is 2. The molecular weight excluding hydrogens is 180 g/mol. The maximum Gasteiger partial charge on any atom is 0.307 e. The van der Waals surface area contributed by atoms with Gasteiger partial charge in [-0.25, -0.2) is 0 Å². The number of Topliss-reactive ketones (excluding diaryl/α,β-unsaturated/α-hetero) is 1. The molecule has 4 saturated carbocycles. The van der Waals surface area contributed by atoms with Crippen LogP contribution in [0.25, 0.3) is 0 Å². The molecule has 0 aromatic carbocycles. The fourth-order valence-electron chi connectivity index (χ4n) is 4.01. The minimum Gasteiger partial charge on any atom is -0.481 e. The van der Waals surface area contributed by atoms with Gasteiger partial charge in [0.15, 0.2) is 0 Å². The third kappa shape index (κ3) is 0.928. The van der Waals surface area contributed by atoms with E-state index in [2.05, 4.69) is 0 Å². The molecule has 14 heavy (non-hydrogen) atoms. The highest BCUT2D eigenvalue weighted by atomic mass is 16.4. The van der Waals surface area contributed by atoms with Crippen molar-refractivity contribution in [3.63, 3.8) is 0 Å². The molecule has 3 nitrogen and oxygen atoms in total. The Balaban J connectivity index is 1.97. The van der Waals surface area contributed by atoms with Crippen molar-refractivity contribution in [3.8, 4) is 0 Å². The van der Waals surface area contributed by atoms with Gasteiger partial charge < -0.3 is 5.11 Å². The van der Waals surface area contributed by atoms with Gasteiger partial charge in [-0.15, -0.1) is 0 Å². The number of carbonyl (C=O) groups excluding carboxylic acids is 1. The van der Waals surface area contributed by atoms with Gasteiger partial charge in [-0.3, -0.25) is 9.59 Å². The Morgan fingerprint density at radius 1 is 1.21 bits per heavy atom. The summed E-state index contributed by atoms with van der Waals surface area (Å²) in [4.78, 5) is 22.9. The van der Waals surface area contributed by atoms with E-state index < -0.39 is 5.97 Å². The van der Waals surface area contributed by atoms with Crippen molar-refractivity contribution >= 4 is 11.8 Å². The van der Waals surface area contributed by atoms with Crippen molar-refractivity contribution in [1.29, 1.82) is 0 Å². The lowest BCUT2D eigenvalue weighted by Crippen LogP contribution is -2.53.